The average Bonchev–Trinajstić information content (AvgIpc) is 2.58. The molecule has 1 N–H and O–H groups in total. The first-order chi connectivity index (χ1) is 12.3. The number of likely N-dealkylation sites (tertiary alicyclic amines) is 1. The van der Waals surface area contributed by atoms with Gasteiger partial charge in [-0.15, -0.1) is 0 Å². The van der Waals surface area contributed by atoms with E-state index >= 15 is 0 Å². The summed E-state index contributed by atoms with van der Waals surface area (Å²) in [5.41, 5.74) is 2.14. The highest BCUT2D eigenvalue weighted by molar-refractivity contribution is 7.89. The molecule has 0 saturated carbocycles. The van der Waals surface area contributed by atoms with E-state index in [1.54, 1.807) is 18.2 Å². The predicted octanol–water partition coefficient (Wildman–Crippen LogP) is 4.24. The number of sulfonamides is 1. The molecule has 2 aromatic carbocycles. The zero-order chi connectivity index (χ0) is 18.7. The minimum atomic E-state index is -3.60. The number of benzene rings is 2. The number of rotatable bonds is 5. The van der Waals surface area contributed by atoms with E-state index in [9.17, 15) is 8.42 Å². The van der Waals surface area contributed by atoms with Crippen molar-refractivity contribution in [1.29, 1.82) is 0 Å². The lowest BCUT2D eigenvalue weighted by Gasteiger charge is -2.32. The molecule has 1 fully saturated rings. The topological polar surface area (TPSA) is 49.4 Å². The third-order valence-corrected chi connectivity index (χ3v) is 6.86. The summed E-state index contributed by atoms with van der Waals surface area (Å²) < 4.78 is 28.0. The number of hydrogen-bond acceptors (Lipinski definition) is 3. The van der Waals surface area contributed by atoms with Crippen molar-refractivity contribution in [1.82, 2.24) is 9.62 Å². The largest absolute Gasteiger partial charge is 0.299 e. The molecule has 7 heteroatoms. The molecule has 2 aromatic rings. The molecule has 140 valence electrons. The molecule has 0 spiro atoms. The van der Waals surface area contributed by atoms with Crippen LogP contribution < -0.4 is 4.72 Å². The van der Waals surface area contributed by atoms with Crippen LogP contribution in [0, 0.1) is 6.92 Å². The van der Waals surface area contributed by atoms with Crippen LogP contribution in [0.25, 0.3) is 0 Å². The van der Waals surface area contributed by atoms with Gasteiger partial charge in [-0.05, 0) is 55.2 Å². The molecule has 0 unspecified atom stereocenters. The summed E-state index contributed by atoms with van der Waals surface area (Å²) in [5.74, 6) is 0. The Morgan fingerprint density at radius 3 is 2.35 bits per heavy atom. The van der Waals surface area contributed by atoms with Crippen molar-refractivity contribution in [2.24, 2.45) is 0 Å². The molecule has 0 aromatic heterocycles. The van der Waals surface area contributed by atoms with E-state index in [2.05, 4.69) is 9.62 Å². The normalized spacial score (nSPS) is 16.7. The van der Waals surface area contributed by atoms with Crippen molar-refractivity contribution in [3.05, 3.63) is 63.6 Å². The number of piperidine rings is 1. The van der Waals surface area contributed by atoms with Crippen molar-refractivity contribution >= 4 is 33.2 Å². The second kappa shape index (κ2) is 8.28. The Labute approximate surface area is 165 Å². The Hall–Kier alpha value is -1.11. The highest BCUT2D eigenvalue weighted by atomic mass is 35.5. The summed E-state index contributed by atoms with van der Waals surface area (Å²) in [6, 6.07) is 12.8. The van der Waals surface area contributed by atoms with Gasteiger partial charge >= 0.3 is 0 Å². The van der Waals surface area contributed by atoms with Crippen LogP contribution in [-0.4, -0.2) is 32.4 Å². The van der Waals surface area contributed by atoms with E-state index < -0.39 is 10.0 Å². The molecule has 0 amide bonds. The van der Waals surface area contributed by atoms with E-state index in [1.165, 1.54) is 5.56 Å². The second-order valence-electron chi connectivity index (χ2n) is 6.73. The van der Waals surface area contributed by atoms with Gasteiger partial charge in [-0.25, -0.2) is 13.1 Å². The average molecular weight is 413 g/mol. The molecule has 26 heavy (non-hydrogen) atoms. The number of nitrogens with zero attached hydrogens (tertiary/aromatic N) is 1. The third kappa shape index (κ3) is 4.99. The molecular weight excluding hydrogens is 391 g/mol. The van der Waals surface area contributed by atoms with Gasteiger partial charge in [0.15, 0.2) is 0 Å². The van der Waals surface area contributed by atoms with Crippen LogP contribution in [0.2, 0.25) is 10.0 Å². The Bertz CT molecular complexity index is 862. The lowest BCUT2D eigenvalue weighted by atomic mass is 10.1. The fourth-order valence-corrected chi connectivity index (χ4v) is 5.19. The number of halogens is 2. The SMILES string of the molecule is Cc1ccc(S(=O)(=O)NC2CCN(Cc3ccc(Cl)cc3)CC2)c(Cl)c1. The standard InChI is InChI=1S/C19H22Cl2N2O2S/c1-14-2-7-19(18(21)12-14)26(24,25)22-17-8-10-23(11-9-17)13-15-3-5-16(20)6-4-15/h2-7,12,17,22H,8-11,13H2,1H3. The summed E-state index contributed by atoms with van der Waals surface area (Å²) in [5, 5.41) is 0.995. The van der Waals surface area contributed by atoms with Crippen LogP contribution >= 0.6 is 23.2 Å². The quantitative estimate of drug-likeness (QED) is 0.798. The molecule has 1 heterocycles. The monoisotopic (exact) mass is 412 g/mol. The van der Waals surface area contributed by atoms with Gasteiger partial charge < -0.3 is 0 Å². The van der Waals surface area contributed by atoms with Gasteiger partial charge in [-0.2, -0.15) is 0 Å². The second-order valence-corrected chi connectivity index (χ2v) is 9.26. The highest BCUT2D eigenvalue weighted by Gasteiger charge is 2.26. The molecule has 0 radical (unpaired) electrons. The molecule has 1 aliphatic heterocycles. The predicted molar refractivity (Wildman–Crippen MR) is 106 cm³/mol. The third-order valence-electron chi connectivity index (χ3n) is 4.61. The Morgan fingerprint density at radius 1 is 1.08 bits per heavy atom. The fraction of sp³-hybridized carbons (Fsp3) is 0.368. The van der Waals surface area contributed by atoms with E-state index in [0.29, 0.717) is 0 Å². The van der Waals surface area contributed by atoms with Crippen LogP contribution in [0.3, 0.4) is 0 Å². The maximum Gasteiger partial charge on any atom is 0.242 e. The van der Waals surface area contributed by atoms with Crippen LogP contribution in [0.15, 0.2) is 47.4 Å². The first-order valence-corrected chi connectivity index (χ1v) is 10.8. The molecule has 1 saturated heterocycles. The molecule has 1 aliphatic rings. The number of hydrogen-bond donors (Lipinski definition) is 1. The summed E-state index contributed by atoms with van der Waals surface area (Å²) >= 11 is 12.0. The van der Waals surface area contributed by atoms with Crippen molar-refractivity contribution in [3.63, 3.8) is 0 Å². The van der Waals surface area contributed by atoms with Crippen molar-refractivity contribution in [2.75, 3.05) is 13.1 Å². The van der Waals surface area contributed by atoms with Gasteiger partial charge in [0.2, 0.25) is 10.0 Å². The molecule has 0 atom stereocenters. The molecular formula is C19H22Cl2N2O2S. The summed E-state index contributed by atoms with van der Waals surface area (Å²) in [6.45, 7) is 4.42. The maximum atomic E-state index is 12.6. The van der Waals surface area contributed by atoms with Gasteiger partial charge in [0.25, 0.3) is 0 Å². The zero-order valence-corrected chi connectivity index (χ0v) is 16.9. The Kier molecular flexibility index (Phi) is 6.25. The lowest BCUT2D eigenvalue weighted by molar-refractivity contribution is 0.200. The van der Waals surface area contributed by atoms with E-state index in [0.717, 1.165) is 43.1 Å². The molecule has 0 bridgehead atoms. The van der Waals surface area contributed by atoms with Crippen LogP contribution in [-0.2, 0) is 16.6 Å². The van der Waals surface area contributed by atoms with Crippen molar-refractivity contribution in [2.45, 2.75) is 37.2 Å². The molecule has 0 aliphatic carbocycles. The molecule has 4 nitrogen and oxygen atoms in total. The Morgan fingerprint density at radius 2 is 1.73 bits per heavy atom. The van der Waals surface area contributed by atoms with Gasteiger partial charge in [0.05, 0.1) is 5.02 Å². The number of nitrogens with one attached hydrogen (secondary N) is 1. The fourth-order valence-electron chi connectivity index (χ4n) is 3.16. The minimum Gasteiger partial charge on any atom is -0.299 e. The van der Waals surface area contributed by atoms with Crippen molar-refractivity contribution < 1.29 is 8.42 Å². The number of aryl methyl sites for hydroxylation is 1. The first-order valence-electron chi connectivity index (χ1n) is 8.59. The van der Waals surface area contributed by atoms with Gasteiger partial charge in [-0.3, -0.25) is 4.90 Å². The van der Waals surface area contributed by atoms with Gasteiger partial charge in [0.1, 0.15) is 4.90 Å². The highest BCUT2D eigenvalue weighted by Crippen LogP contribution is 2.24. The Balaban J connectivity index is 1.57. The van der Waals surface area contributed by atoms with Gasteiger partial charge in [0, 0.05) is 30.7 Å². The van der Waals surface area contributed by atoms with E-state index in [-0.39, 0.29) is 16.0 Å². The van der Waals surface area contributed by atoms with Crippen LogP contribution in [0.5, 0.6) is 0 Å². The van der Waals surface area contributed by atoms with E-state index in [4.69, 9.17) is 23.2 Å². The van der Waals surface area contributed by atoms with Crippen molar-refractivity contribution in [3.8, 4) is 0 Å². The summed E-state index contributed by atoms with van der Waals surface area (Å²) in [4.78, 5) is 2.47. The van der Waals surface area contributed by atoms with E-state index in [1.807, 2.05) is 31.2 Å². The smallest absolute Gasteiger partial charge is 0.242 e. The zero-order valence-electron chi connectivity index (χ0n) is 14.6. The summed E-state index contributed by atoms with van der Waals surface area (Å²) in [6.07, 6.45) is 1.55. The van der Waals surface area contributed by atoms with Gasteiger partial charge in [-0.1, -0.05) is 41.4 Å². The minimum absolute atomic E-state index is 0.0705. The maximum absolute atomic E-state index is 12.6. The van der Waals surface area contributed by atoms with Crippen LogP contribution in [0.4, 0.5) is 0 Å². The summed E-state index contributed by atoms with van der Waals surface area (Å²) in [7, 11) is -3.60. The first kappa shape index (κ1) is 19.6. The lowest BCUT2D eigenvalue weighted by Crippen LogP contribution is -2.44. The van der Waals surface area contributed by atoms with Crippen LogP contribution in [0.1, 0.15) is 24.0 Å². The molecule has 3 rings (SSSR count).